The molecular formula is C61H67F3N10O8. The van der Waals surface area contributed by atoms with Crippen LogP contribution >= 0.6 is 0 Å². The minimum absolute atomic E-state index is 0.00229. The number of pyridine rings is 1. The van der Waals surface area contributed by atoms with Gasteiger partial charge in [-0.3, -0.25) is 39.0 Å². The number of anilines is 2. The molecule has 3 aromatic carbocycles. The van der Waals surface area contributed by atoms with E-state index in [1.54, 1.807) is 66.9 Å². The van der Waals surface area contributed by atoms with Crippen LogP contribution < -0.4 is 30.3 Å². The number of piperidine rings is 3. The maximum atomic E-state index is 15.2. The van der Waals surface area contributed by atoms with Crippen LogP contribution in [0.1, 0.15) is 99.2 Å². The Kier molecular flexibility index (Phi) is 16.3. The van der Waals surface area contributed by atoms with E-state index in [1.807, 2.05) is 17.0 Å². The van der Waals surface area contributed by atoms with E-state index < -0.39 is 42.4 Å². The van der Waals surface area contributed by atoms with Crippen molar-refractivity contribution in [2.24, 2.45) is 17.8 Å². The third-order valence-corrected chi connectivity index (χ3v) is 17.7. The lowest BCUT2D eigenvalue weighted by molar-refractivity contribution is -0.260. The lowest BCUT2D eigenvalue weighted by atomic mass is 9.81. The van der Waals surface area contributed by atoms with Crippen molar-refractivity contribution in [3.05, 3.63) is 102 Å². The van der Waals surface area contributed by atoms with Crippen LogP contribution in [0.2, 0.25) is 0 Å². The van der Waals surface area contributed by atoms with Gasteiger partial charge in [0.25, 0.3) is 0 Å². The number of likely N-dealkylation sites (tertiary alicyclic amines) is 1. The molecule has 0 spiro atoms. The highest BCUT2D eigenvalue weighted by Crippen LogP contribution is 2.46. The number of rotatable bonds is 14. The summed E-state index contributed by atoms with van der Waals surface area (Å²) in [5.74, 6) is -1.12. The summed E-state index contributed by atoms with van der Waals surface area (Å²) < 4.78 is 57.5. The molecule has 6 amide bonds. The van der Waals surface area contributed by atoms with Crippen LogP contribution in [0.5, 0.6) is 11.5 Å². The van der Waals surface area contributed by atoms with Crippen molar-refractivity contribution < 1.29 is 51.4 Å². The number of hydrogen-bond donors (Lipinski definition) is 4. The fourth-order valence-electron chi connectivity index (χ4n) is 12.9. The number of imide groups is 1. The average molecular weight is 1130 g/mol. The van der Waals surface area contributed by atoms with Gasteiger partial charge in [-0.2, -0.15) is 18.4 Å². The number of nitrogens with one attached hydrogen (secondary N) is 4. The second-order valence-corrected chi connectivity index (χ2v) is 22.7. The van der Waals surface area contributed by atoms with Crippen molar-refractivity contribution in [3.63, 3.8) is 0 Å². The quantitative estimate of drug-likeness (QED) is 0.0631. The van der Waals surface area contributed by atoms with Gasteiger partial charge in [-0.05, 0) is 123 Å². The Morgan fingerprint density at radius 1 is 0.780 bits per heavy atom. The van der Waals surface area contributed by atoms with E-state index in [4.69, 9.17) is 9.47 Å². The maximum Gasteiger partial charge on any atom is 0.428 e. The van der Waals surface area contributed by atoms with Gasteiger partial charge in [0, 0.05) is 125 Å². The zero-order valence-electron chi connectivity index (χ0n) is 45.6. The van der Waals surface area contributed by atoms with Gasteiger partial charge in [-0.1, -0.05) is 18.2 Å². The van der Waals surface area contributed by atoms with E-state index in [0.29, 0.717) is 102 Å². The Hall–Kier alpha value is -7.99. The highest BCUT2D eigenvalue weighted by atomic mass is 19.4. The van der Waals surface area contributed by atoms with E-state index in [-0.39, 0.29) is 79.8 Å². The first kappa shape index (κ1) is 55.9. The van der Waals surface area contributed by atoms with Crippen LogP contribution in [0.4, 0.5) is 24.7 Å². The highest BCUT2D eigenvalue weighted by molar-refractivity contribution is 6.02. The molecule has 1 unspecified atom stereocenters. The molecule has 6 aliphatic rings. The predicted octanol–water partition coefficient (Wildman–Crippen LogP) is 7.41. The third kappa shape index (κ3) is 12.0. The number of carbonyl (C=O) groups excluding carboxylic acids is 6. The molecule has 0 radical (unpaired) electrons. The molecular weight excluding hydrogens is 1060 g/mol. The lowest BCUT2D eigenvalue weighted by Crippen LogP contribution is -2.58. The summed E-state index contributed by atoms with van der Waals surface area (Å²) >= 11 is 0. The summed E-state index contributed by atoms with van der Waals surface area (Å²) in [7, 11) is 0. The Labute approximate surface area is 473 Å². The number of aromatic nitrogens is 2. The first-order valence-electron chi connectivity index (χ1n) is 28.7. The number of alkyl halides is 3. The fraction of sp³-hybridized carbons (Fsp3) is 0.475. The van der Waals surface area contributed by atoms with Gasteiger partial charge < -0.3 is 39.8 Å². The van der Waals surface area contributed by atoms with E-state index in [0.717, 1.165) is 56.9 Å². The van der Waals surface area contributed by atoms with Crippen molar-refractivity contribution in [1.29, 1.82) is 5.26 Å². The molecule has 1 saturated carbocycles. The Balaban J connectivity index is 0.607. The van der Waals surface area contributed by atoms with Gasteiger partial charge in [0.1, 0.15) is 23.9 Å². The Bertz CT molecular complexity index is 3270. The predicted molar refractivity (Wildman–Crippen MR) is 297 cm³/mol. The Morgan fingerprint density at radius 2 is 1.52 bits per heavy atom. The number of carbonyl (C=O) groups is 6. The van der Waals surface area contributed by atoms with E-state index in [1.165, 1.54) is 11.0 Å². The number of amides is 6. The number of fused-ring (bicyclic) bond motifs is 2. The average Bonchev–Trinajstić information content (AvgIpc) is 3.84. The van der Waals surface area contributed by atoms with Crippen LogP contribution in [0.25, 0.3) is 22.2 Å². The molecule has 0 bridgehead atoms. The molecule has 82 heavy (non-hydrogen) atoms. The number of H-pyrrole nitrogens is 1. The number of aromatic amines is 1. The molecule has 21 heteroatoms. The zero-order valence-corrected chi connectivity index (χ0v) is 45.6. The van der Waals surface area contributed by atoms with Gasteiger partial charge in [-0.25, -0.2) is 4.98 Å². The number of para-hydroxylation sites is 1. The molecule has 18 nitrogen and oxygen atoms in total. The van der Waals surface area contributed by atoms with Crippen molar-refractivity contribution in [2.45, 2.75) is 94.2 Å². The van der Waals surface area contributed by atoms with Crippen molar-refractivity contribution in [2.75, 3.05) is 82.3 Å². The van der Waals surface area contributed by atoms with E-state index in [2.05, 4.69) is 41.8 Å². The minimum Gasteiger partial charge on any atom is -0.492 e. The number of ether oxygens (including phenoxy) is 2. The first-order valence-corrected chi connectivity index (χ1v) is 28.7. The molecule has 4 N–H and O–H groups in total. The summed E-state index contributed by atoms with van der Waals surface area (Å²) in [5.41, 5.74) is 1.11. The van der Waals surface area contributed by atoms with Gasteiger partial charge in [0.2, 0.25) is 41.0 Å². The smallest absolute Gasteiger partial charge is 0.428 e. The van der Waals surface area contributed by atoms with Crippen LogP contribution in [-0.2, 0) is 28.8 Å². The van der Waals surface area contributed by atoms with Crippen molar-refractivity contribution in [3.8, 4) is 28.8 Å². The number of benzene rings is 3. The van der Waals surface area contributed by atoms with Crippen LogP contribution in [0, 0.1) is 29.1 Å². The van der Waals surface area contributed by atoms with Gasteiger partial charge in [-0.15, -0.1) is 0 Å². The molecule has 1 aliphatic carbocycles. The number of piperazine rings is 1. The van der Waals surface area contributed by atoms with E-state index in [9.17, 15) is 34.0 Å². The lowest BCUT2D eigenvalue weighted by Gasteiger charge is -2.43. The molecule has 5 fully saturated rings. The summed E-state index contributed by atoms with van der Waals surface area (Å²) in [6.45, 7) is 5.53. The van der Waals surface area contributed by atoms with E-state index >= 15 is 13.2 Å². The zero-order chi connectivity index (χ0) is 57.1. The van der Waals surface area contributed by atoms with Gasteiger partial charge in [0.05, 0.1) is 35.7 Å². The number of hydrogen-bond acceptors (Lipinski definition) is 12. The molecule has 2 atom stereocenters. The van der Waals surface area contributed by atoms with Crippen LogP contribution in [0.15, 0.2) is 85.1 Å². The second kappa shape index (κ2) is 23.8. The monoisotopic (exact) mass is 1120 g/mol. The number of nitriles is 1. The van der Waals surface area contributed by atoms with Crippen molar-refractivity contribution in [1.82, 2.24) is 35.3 Å². The molecule has 2 aromatic heterocycles. The minimum atomic E-state index is -4.80. The standard InChI is InChI=1S/C61H67F3N10O8/c62-61(63,64)60(82-52-7-2-1-5-45(52)51-34-46-42(36-65)4-3-6-49(46)68-51)19-25-73(26-20-60)59(80)48-35-55(76)69-50-14-12-43(33-47(48)50)81-31-22-67-56(77)39-8-10-40(11-9-39)58(79)74-29-27-71(28-30-74)37-38-17-23-72(24-18-38)53-32-41(16-21-66-53)44-13-15-54(75)70-57(44)78/h1-7,12,14,16,21,32-34,38-40,44,48,68H,8-11,13,15,17-20,22-31,35,37H2,(H,67,77)(H,69,76)(H,70,75,78)/t39?,40?,44?,48-/m0/s1. The largest absolute Gasteiger partial charge is 0.492 e. The summed E-state index contributed by atoms with van der Waals surface area (Å²) in [5, 5.41) is 18.5. The third-order valence-electron chi connectivity index (χ3n) is 17.7. The number of nitrogens with zero attached hydrogens (tertiary/aromatic N) is 6. The normalized spacial score (nSPS) is 22.6. The maximum absolute atomic E-state index is 15.2. The van der Waals surface area contributed by atoms with Crippen LogP contribution in [-0.4, -0.2) is 144 Å². The van der Waals surface area contributed by atoms with Crippen LogP contribution in [0.3, 0.4) is 0 Å². The number of halogens is 3. The molecule has 430 valence electrons. The molecule has 5 aliphatic heterocycles. The summed E-state index contributed by atoms with van der Waals surface area (Å²) in [6, 6.07) is 24.2. The molecule has 7 heterocycles. The Morgan fingerprint density at radius 3 is 2.27 bits per heavy atom. The fourth-order valence-corrected chi connectivity index (χ4v) is 12.9. The highest BCUT2D eigenvalue weighted by Gasteiger charge is 2.59. The topological polar surface area (TPSA) is 222 Å². The first-order chi connectivity index (χ1) is 39.6. The second-order valence-electron chi connectivity index (χ2n) is 22.7. The SMILES string of the molecule is N#Cc1cccc2[nH]c(-c3ccccc3OC3(C(F)(F)F)CCN(C(=O)[C@H]4CC(=O)Nc5ccc(OCCNC(=O)C6CCC(C(=O)N7CCN(CC8CCN(c9cc(C%10CCC(=O)NC%10=O)ccn9)CC8)CC7)CC6)cc54)CC3)cc12. The summed E-state index contributed by atoms with van der Waals surface area (Å²) in [6.07, 6.45) is 1.06. The van der Waals surface area contributed by atoms with Gasteiger partial charge in [0.15, 0.2) is 0 Å². The van der Waals surface area contributed by atoms with Crippen molar-refractivity contribution >= 4 is 57.9 Å². The van der Waals surface area contributed by atoms with Gasteiger partial charge >= 0.3 is 6.18 Å². The molecule has 4 saturated heterocycles. The molecule has 11 rings (SSSR count). The molecule has 5 aromatic rings. The summed E-state index contributed by atoms with van der Waals surface area (Å²) in [4.78, 5) is 94.2.